The molecule has 1 fully saturated rings. The van der Waals surface area contributed by atoms with E-state index in [1.807, 2.05) is 19.2 Å². The molecule has 1 aliphatic rings. The molecule has 1 saturated heterocycles. The summed E-state index contributed by atoms with van der Waals surface area (Å²) in [6, 6.07) is 9.61. The maximum atomic E-state index is 10.9. The first kappa shape index (κ1) is 12.2. The zero-order chi connectivity index (χ0) is 13.1. The molecular formula is C13H15N3O2. The first-order chi connectivity index (χ1) is 8.61. The van der Waals surface area contributed by atoms with Gasteiger partial charge in [0.05, 0.1) is 11.6 Å². The van der Waals surface area contributed by atoms with Gasteiger partial charge in [-0.15, -0.1) is 0 Å². The summed E-state index contributed by atoms with van der Waals surface area (Å²) in [5.74, 6) is 0. The quantitative estimate of drug-likeness (QED) is 0.861. The van der Waals surface area contributed by atoms with Crippen LogP contribution in [0.15, 0.2) is 24.3 Å². The molecule has 94 valence electrons. The summed E-state index contributed by atoms with van der Waals surface area (Å²) in [5.41, 5.74) is 1.64. The highest BCUT2D eigenvalue weighted by Crippen LogP contribution is 2.21. The molecule has 2 rings (SSSR count). The lowest BCUT2D eigenvalue weighted by Crippen LogP contribution is -2.36. The standard InChI is InChI=1S/C13H15N3O2/c1-15(11-4-2-10(8-14)3-5-11)12-6-7-16(9-12)13(17)18/h2-5,12H,6-7,9H2,1H3,(H,17,18)/t12-/m0/s1. The number of anilines is 1. The molecule has 1 heterocycles. The molecule has 1 N–H and O–H groups in total. The SMILES string of the molecule is CN(c1ccc(C#N)cc1)[C@H]1CCN(C(=O)O)C1. The number of hydrogen-bond donors (Lipinski definition) is 1. The van der Waals surface area contributed by atoms with E-state index in [1.54, 1.807) is 12.1 Å². The maximum absolute atomic E-state index is 10.9. The zero-order valence-corrected chi connectivity index (χ0v) is 10.2. The summed E-state index contributed by atoms with van der Waals surface area (Å²) in [6.07, 6.45) is -0.0197. The van der Waals surface area contributed by atoms with Crippen LogP contribution in [0.3, 0.4) is 0 Å². The number of carboxylic acid groups (broad SMARTS) is 1. The molecule has 0 spiro atoms. The van der Waals surface area contributed by atoms with Crippen molar-refractivity contribution in [2.45, 2.75) is 12.5 Å². The number of nitriles is 1. The van der Waals surface area contributed by atoms with Crippen molar-refractivity contribution < 1.29 is 9.90 Å². The van der Waals surface area contributed by atoms with Crippen molar-refractivity contribution in [1.29, 1.82) is 5.26 Å². The zero-order valence-electron chi connectivity index (χ0n) is 10.2. The van der Waals surface area contributed by atoms with Gasteiger partial charge in [-0.05, 0) is 30.7 Å². The Morgan fingerprint density at radius 2 is 2.17 bits per heavy atom. The summed E-state index contributed by atoms with van der Waals surface area (Å²) in [4.78, 5) is 14.4. The average Bonchev–Trinajstić information content (AvgIpc) is 2.88. The Balaban J connectivity index is 2.05. The van der Waals surface area contributed by atoms with E-state index in [9.17, 15) is 4.79 Å². The lowest BCUT2D eigenvalue weighted by Gasteiger charge is -2.26. The fourth-order valence-corrected chi connectivity index (χ4v) is 2.21. The number of carbonyl (C=O) groups is 1. The van der Waals surface area contributed by atoms with Gasteiger partial charge in [0, 0.05) is 31.9 Å². The molecule has 5 nitrogen and oxygen atoms in total. The smallest absolute Gasteiger partial charge is 0.407 e. The lowest BCUT2D eigenvalue weighted by atomic mass is 10.1. The van der Waals surface area contributed by atoms with Gasteiger partial charge in [-0.3, -0.25) is 0 Å². The highest BCUT2D eigenvalue weighted by molar-refractivity contribution is 5.65. The Morgan fingerprint density at radius 1 is 1.50 bits per heavy atom. The van der Waals surface area contributed by atoms with Crippen LogP contribution in [0.2, 0.25) is 0 Å². The van der Waals surface area contributed by atoms with Gasteiger partial charge in [-0.25, -0.2) is 4.79 Å². The summed E-state index contributed by atoms with van der Waals surface area (Å²) >= 11 is 0. The molecule has 1 atom stereocenters. The van der Waals surface area contributed by atoms with Crippen LogP contribution in [0.1, 0.15) is 12.0 Å². The third kappa shape index (κ3) is 2.38. The number of amides is 1. The van der Waals surface area contributed by atoms with Gasteiger partial charge in [0.25, 0.3) is 0 Å². The van der Waals surface area contributed by atoms with E-state index >= 15 is 0 Å². The summed E-state index contributed by atoms with van der Waals surface area (Å²) in [6.45, 7) is 1.12. The first-order valence-corrected chi connectivity index (χ1v) is 5.82. The van der Waals surface area contributed by atoms with Gasteiger partial charge >= 0.3 is 6.09 Å². The van der Waals surface area contributed by atoms with E-state index in [0.29, 0.717) is 18.7 Å². The normalized spacial score (nSPS) is 18.4. The van der Waals surface area contributed by atoms with Gasteiger partial charge in [0.15, 0.2) is 0 Å². The monoisotopic (exact) mass is 245 g/mol. The number of likely N-dealkylation sites (tertiary alicyclic amines) is 1. The predicted molar refractivity (Wildman–Crippen MR) is 67.6 cm³/mol. The second-order valence-electron chi connectivity index (χ2n) is 4.44. The number of benzene rings is 1. The Bertz CT molecular complexity index is 478. The number of nitrogens with zero attached hydrogens (tertiary/aromatic N) is 3. The molecule has 1 aromatic carbocycles. The minimum absolute atomic E-state index is 0.203. The van der Waals surface area contributed by atoms with E-state index in [1.165, 1.54) is 4.90 Å². The molecule has 18 heavy (non-hydrogen) atoms. The van der Waals surface area contributed by atoms with Crippen LogP contribution in [0.25, 0.3) is 0 Å². The Hall–Kier alpha value is -2.22. The molecule has 0 aliphatic carbocycles. The molecule has 1 aliphatic heterocycles. The van der Waals surface area contributed by atoms with E-state index < -0.39 is 6.09 Å². The second-order valence-corrected chi connectivity index (χ2v) is 4.44. The van der Waals surface area contributed by atoms with Crippen molar-refractivity contribution in [3.8, 4) is 6.07 Å². The molecule has 1 aromatic rings. The van der Waals surface area contributed by atoms with Crippen LogP contribution in [-0.2, 0) is 0 Å². The van der Waals surface area contributed by atoms with Crippen molar-refractivity contribution >= 4 is 11.8 Å². The fourth-order valence-electron chi connectivity index (χ4n) is 2.21. The van der Waals surface area contributed by atoms with Crippen molar-refractivity contribution in [2.24, 2.45) is 0 Å². The summed E-state index contributed by atoms with van der Waals surface area (Å²) < 4.78 is 0. The molecule has 0 saturated carbocycles. The van der Waals surface area contributed by atoms with Gasteiger partial charge in [-0.2, -0.15) is 5.26 Å². The lowest BCUT2D eigenvalue weighted by molar-refractivity contribution is 0.155. The van der Waals surface area contributed by atoms with Gasteiger partial charge in [0.2, 0.25) is 0 Å². The van der Waals surface area contributed by atoms with Crippen LogP contribution in [0.4, 0.5) is 10.5 Å². The number of likely N-dealkylation sites (N-methyl/N-ethyl adjacent to an activating group) is 1. The van der Waals surface area contributed by atoms with Crippen molar-refractivity contribution in [1.82, 2.24) is 4.90 Å². The third-order valence-corrected chi connectivity index (χ3v) is 3.39. The fraction of sp³-hybridized carbons (Fsp3) is 0.385. The van der Waals surface area contributed by atoms with E-state index in [2.05, 4.69) is 11.0 Å². The molecule has 5 heteroatoms. The summed E-state index contributed by atoms with van der Waals surface area (Å²) in [5, 5.41) is 17.7. The van der Waals surface area contributed by atoms with Crippen LogP contribution in [-0.4, -0.2) is 42.3 Å². The molecule has 0 bridgehead atoms. The minimum atomic E-state index is -0.856. The average molecular weight is 245 g/mol. The largest absolute Gasteiger partial charge is 0.465 e. The van der Waals surface area contributed by atoms with Crippen LogP contribution in [0, 0.1) is 11.3 Å². The van der Waals surface area contributed by atoms with Gasteiger partial charge in [-0.1, -0.05) is 0 Å². The Kier molecular flexibility index (Phi) is 3.38. The van der Waals surface area contributed by atoms with Crippen LogP contribution in [0.5, 0.6) is 0 Å². The topological polar surface area (TPSA) is 67.6 Å². The van der Waals surface area contributed by atoms with Crippen LogP contribution >= 0.6 is 0 Å². The molecular weight excluding hydrogens is 230 g/mol. The van der Waals surface area contributed by atoms with Gasteiger partial charge < -0.3 is 14.9 Å². The van der Waals surface area contributed by atoms with E-state index in [-0.39, 0.29) is 6.04 Å². The van der Waals surface area contributed by atoms with E-state index in [0.717, 1.165) is 12.1 Å². The minimum Gasteiger partial charge on any atom is -0.465 e. The molecule has 0 unspecified atom stereocenters. The predicted octanol–water partition coefficient (Wildman–Crippen LogP) is 1.75. The highest BCUT2D eigenvalue weighted by Gasteiger charge is 2.28. The third-order valence-electron chi connectivity index (χ3n) is 3.39. The number of hydrogen-bond acceptors (Lipinski definition) is 3. The summed E-state index contributed by atoms with van der Waals surface area (Å²) in [7, 11) is 1.96. The maximum Gasteiger partial charge on any atom is 0.407 e. The number of rotatable bonds is 2. The van der Waals surface area contributed by atoms with Crippen molar-refractivity contribution in [2.75, 3.05) is 25.0 Å². The first-order valence-electron chi connectivity index (χ1n) is 5.82. The van der Waals surface area contributed by atoms with Gasteiger partial charge in [0.1, 0.15) is 0 Å². The van der Waals surface area contributed by atoms with Crippen molar-refractivity contribution in [3.63, 3.8) is 0 Å². The Labute approximate surface area is 106 Å². The highest BCUT2D eigenvalue weighted by atomic mass is 16.4. The Morgan fingerprint density at radius 3 is 2.67 bits per heavy atom. The molecule has 1 amide bonds. The second kappa shape index (κ2) is 4.96. The molecule has 0 radical (unpaired) electrons. The van der Waals surface area contributed by atoms with Crippen molar-refractivity contribution in [3.05, 3.63) is 29.8 Å². The molecule has 0 aromatic heterocycles. The van der Waals surface area contributed by atoms with Crippen LogP contribution < -0.4 is 4.90 Å². The van der Waals surface area contributed by atoms with E-state index in [4.69, 9.17) is 10.4 Å².